The zero-order valence-corrected chi connectivity index (χ0v) is 15.6. The lowest BCUT2D eigenvalue weighted by molar-refractivity contribution is -0.132. The molecule has 0 unspecified atom stereocenters. The Balaban J connectivity index is 1.60. The van der Waals surface area contributed by atoms with Crippen molar-refractivity contribution in [2.45, 2.75) is 37.3 Å². The molecular formula is C22H25N3O2. The number of carbonyl (C=O) groups excluding carboxylic acids is 2. The maximum absolute atomic E-state index is 13.0. The fourth-order valence-corrected chi connectivity index (χ4v) is 4.40. The first kappa shape index (κ1) is 17.7. The molecule has 5 nitrogen and oxygen atoms in total. The summed E-state index contributed by atoms with van der Waals surface area (Å²) in [5, 5.41) is 2.96. The van der Waals surface area contributed by atoms with Crippen LogP contribution in [-0.2, 0) is 4.79 Å². The summed E-state index contributed by atoms with van der Waals surface area (Å²) < 4.78 is 0. The number of hydrogen-bond acceptors (Lipinski definition) is 3. The third-order valence-electron chi connectivity index (χ3n) is 5.74. The van der Waals surface area contributed by atoms with Gasteiger partial charge >= 0.3 is 6.03 Å². The van der Waals surface area contributed by atoms with E-state index in [2.05, 4.69) is 34.5 Å². The van der Waals surface area contributed by atoms with Crippen molar-refractivity contribution in [2.75, 3.05) is 13.7 Å². The van der Waals surface area contributed by atoms with E-state index in [-0.39, 0.29) is 24.6 Å². The van der Waals surface area contributed by atoms with Crippen molar-refractivity contribution in [3.63, 3.8) is 0 Å². The molecule has 0 radical (unpaired) electrons. The molecule has 140 valence electrons. The zero-order valence-electron chi connectivity index (χ0n) is 15.6. The Bertz CT molecular complexity index is 776. The predicted octanol–water partition coefficient (Wildman–Crippen LogP) is 3.53. The van der Waals surface area contributed by atoms with Crippen LogP contribution in [0.25, 0.3) is 0 Å². The number of benzene rings is 2. The van der Waals surface area contributed by atoms with Gasteiger partial charge in [0.15, 0.2) is 0 Å². The second kappa shape index (κ2) is 7.16. The van der Waals surface area contributed by atoms with Gasteiger partial charge in [-0.05, 0) is 31.0 Å². The smallest absolute Gasteiger partial charge is 0.323 e. The Labute approximate surface area is 160 Å². The van der Waals surface area contributed by atoms with Crippen LogP contribution in [0.2, 0.25) is 0 Å². The molecule has 0 aromatic heterocycles. The van der Waals surface area contributed by atoms with Crippen molar-refractivity contribution < 1.29 is 9.59 Å². The van der Waals surface area contributed by atoms with E-state index in [0.29, 0.717) is 0 Å². The molecule has 2 fully saturated rings. The zero-order chi connectivity index (χ0) is 18.9. The van der Waals surface area contributed by atoms with Gasteiger partial charge in [-0.3, -0.25) is 9.69 Å². The van der Waals surface area contributed by atoms with E-state index in [1.54, 1.807) is 0 Å². The number of nitrogens with zero attached hydrogens (tertiary/aromatic N) is 2. The van der Waals surface area contributed by atoms with Gasteiger partial charge < -0.3 is 5.32 Å². The van der Waals surface area contributed by atoms with Crippen molar-refractivity contribution in [1.82, 2.24) is 15.1 Å². The predicted molar refractivity (Wildman–Crippen MR) is 104 cm³/mol. The highest BCUT2D eigenvalue weighted by Crippen LogP contribution is 2.36. The van der Waals surface area contributed by atoms with Crippen LogP contribution in [-0.4, -0.2) is 41.0 Å². The van der Waals surface area contributed by atoms with Crippen LogP contribution in [0.1, 0.15) is 42.9 Å². The van der Waals surface area contributed by atoms with Gasteiger partial charge in [-0.1, -0.05) is 73.5 Å². The SMILES string of the molecule is CN(CN1C(=O)NC2(CCCC2)C1=O)C(c1ccccc1)c1ccccc1. The topological polar surface area (TPSA) is 52.6 Å². The number of carbonyl (C=O) groups is 2. The molecule has 2 aliphatic rings. The Morgan fingerprint density at radius 2 is 1.48 bits per heavy atom. The molecule has 1 N–H and O–H groups in total. The van der Waals surface area contributed by atoms with Gasteiger partial charge in [-0.2, -0.15) is 0 Å². The molecule has 3 amide bonds. The van der Waals surface area contributed by atoms with Crippen LogP contribution in [0.3, 0.4) is 0 Å². The first-order chi connectivity index (χ1) is 13.1. The van der Waals surface area contributed by atoms with E-state index in [0.717, 1.165) is 36.8 Å². The molecule has 1 saturated carbocycles. The Morgan fingerprint density at radius 1 is 0.963 bits per heavy atom. The van der Waals surface area contributed by atoms with Crippen molar-refractivity contribution in [3.05, 3.63) is 71.8 Å². The average molecular weight is 363 g/mol. The van der Waals surface area contributed by atoms with Gasteiger partial charge in [0.1, 0.15) is 5.54 Å². The molecule has 2 aromatic carbocycles. The third-order valence-corrected chi connectivity index (χ3v) is 5.74. The van der Waals surface area contributed by atoms with Crippen molar-refractivity contribution >= 4 is 11.9 Å². The van der Waals surface area contributed by atoms with Crippen LogP contribution >= 0.6 is 0 Å². The Hall–Kier alpha value is -2.66. The molecule has 27 heavy (non-hydrogen) atoms. The summed E-state index contributed by atoms with van der Waals surface area (Å²) in [7, 11) is 1.96. The van der Waals surface area contributed by atoms with Gasteiger partial charge in [0, 0.05) is 0 Å². The van der Waals surface area contributed by atoms with Crippen molar-refractivity contribution in [1.29, 1.82) is 0 Å². The van der Waals surface area contributed by atoms with E-state index in [1.807, 2.05) is 43.4 Å². The van der Waals surface area contributed by atoms with Gasteiger partial charge in [0.25, 0.3) is 5.91 Å². The third kappa shape index (κ3) is 3.23. The van der Waals surface area contributed by atoms with E-state index in [4.69, 9.17) is 0 Å². The molecule has 2 aromatic rings. The Kier molecular flexibility index (Phi) is 4.70. The van der Waals surface area contributed by atoms with Gasteiger partial charge in [-0.25, -0.2) is 9.69 Å². The summed E-state index contributed by atoms with van der Waals surface area (Å²) in [6, 6.07) is 20.1. The van der Waals surface area contributed by atoms with Crippen LogP contribution in [0.5, 0.6) is 0 Å². The minimum absolute atomic E-state index is 0.0341. The number of nitrogens with one attached hydrogen (secondary N) is 1. The van der Waals surface area contributed by atoms with E-state index in [1.165, 1.54) is 4.90 Å². The normalized spacial score (nSPS) is 18.7. The summed E-state index contributed by atoms with van der Waals surface area (Å²) >= 11 is 0. The molecule has 4 rings (SSSR count). The fourth-order valence-electron chi connectivity index (χ4n) is 4.40. The van der Waals surface area contributed by atoms with E-state index >= 15 is 0 Å². The first-order valence-electron chi connectivity index (χ1n) is 9.55. The van der Waals surface area contributed by atoms with Crippen LogP contribution in [0.4, 0.5) is 4.79 Å². The summed E-state index contributed by atoms with van der Waals surface area (Å²) in [5.74, 6) is -0.0725. The van der Waals surface area contributed by atoms with Gasteiger partial charge in [-0.15, -0.1) is 0 Å². The average Bonchev–Trinajstić information content (AvgIpc) is 3.25. The highest BCUT2D eigenvalue weighted by molar-refractivity contribution is 6.07. The summed E-state index contributed by atoms with van der Waals surface area (Å²) in [5.41, 5.74) is 1.61. The number of rotatable bonds is 5. The lowest BCUT2D eigenvalue weighted by Gasteiger charge is -2.31. The second-order valence-electron chi connectivity index (χ2n) is 7.57. The molecule has 0 bridgehead atoms. The lowest BCUT2D eigenvalue weighted by Crippen LogP contribution is -2.45. The Morgan fingerprint density at radius 3 is 2.00 bits per heavy atom. The molecule has 1 heterocycles. The highest BCUT2D eigenvalue weighted by atomic mass is 16.2. The number of urea groups is 1. The molecule has 1 spiro atoms. The highest BCUT2D eigenvalue weighted by Gasteiger charge is 2.52. The van der Waals surface area contributed by atoms with Crippen LogP contribution in [0.15, 0.2) is 60.7 Å². The standard InChI is InChI=1S/C22H25N3O2/c1-24(16-25-20(26)22(23-21(25)27)14-8-9-15-22)19(17-10-4-2-5-11-17)18-12-6-3-7-13-18/h2-7,10-13,19H,8-9,14-16H2,1H3,(H,23,27). The maximum atomic E-state index is 13.0. The monoisotopic (exact) mass is 363 g/mol. The fraction of sp³-hybridized carbons (Fsp3) is 0.364. The molecule has 5 heteroatoms. The first-order valence-corrected chi connectivity index (χ1v) is 9.55. The second-order valence-corrected chi connectivity index (χ2v) is 7.57. The number of hydrogen-bond donors (Lipinski definition) is 1. The number of amides is 3. The van der Waals surface area contributed by atoms with E-state index in [9.17, 15) is 9.59 Å². The summed E-state index contributed by atoms with van der Waals surface area (Å²) in [4.78, 5) is 29.0. The molecule has 1 aliphatic carbocycles. The van der Waals surface area contributed by atoms with Gasteiger partial charge in [0.2, 0.25) is 0 Å². The number of imide groups is 1. The minimum Gasteiger partial charge on any atom is -0.323 e. The van der Waals surface area contributed by atoms with Crippen LogP contribution < -0.4 is 5.32 Å². The molecule has 0 atom stereocenters. The van der Waals surface area contributed by atoms with Crippen molar-refractivity contribution in [3.8, 4) is 0 Å². The van der Waals surface area contributed by atoms with Gasteiger partial charge in [0.05, 0.1) is 12.7 Å². The minimum atomic E-state index is -0.660. The lowest BCUT2D eigenvalue weighted by atomic mass is 9.97. The van der Waals surface area contributed by atoms with Crippen LogP contribution in [0, 0.1) is 0 Å². The largest absolute Gasteiger partial charge is 0.326 e. The maximum Gasteiger partial charge on any atom is 0.326 e. The van der Waals surface area contributed by atoms with Crippen molar-refractivity contribution in [2.24, 2.45) is 0 Å². The quantitative estimate of drug-likeness (QED) is 0.827. The summed E-state index contributed by atoms with van der Waals surface area (Å²) in [6.07, 6.45) is 3.48. The van der Waals surface area contributed by atoms with E-state index < -0.39 is 5.54 Å². The molecule has 1 aliphatic heterocycles. The summed E-state index contributed by atoms with van der Waals surface area (Å²) in [6.45, 7) is 0.265. The molecule has 1 saturated heterocycles. The molecular weight excluding hydrogens is 338 g/mol.